The fraction of sp³-hybridized carbons (Fsp3) is 0.364. The lowest BCUT2D eigenvalue weighted by Gasteiger charge is -2.18. The van der Waals surface area contributed by atoms with Gasteiger partial charge in [-0.1, -0.05) is 15.9 Å². The van der Waals surface area contributed by atoms with Crippen molar-refractivity contribution in [2.45, 2.75) is 12.6 Å². The predicted molar refractivity (Wildman–Crippen MR) is 60.6 cm³/mol. The SMILES string of the molecule is N#Cc1cc(Br)ccc1N1CC[C@@H](F)C1. The minimum absolute atomic E-state index is 0.399. The number of nitriles is 1. The minimum atomic E-state index is -0.764. The second kappa shape index (κ2) is 4.19. The Hall–Kier alpha value is -1.08. The van der Waals surface area contributed by atoms with Gasteiger partial charge in [0.05, 0.1) is 11.3 Å². The van der Waals surface area contributed by atoms with Crippen LogP contribution < -0.4 is 4.90 Å². The smallest absolute Gasteiger partial charge is 0.119 e. The predicted octanol–water partition coefficient (Wildman–Crippen LogP) is 2.87. The van der Waals surface area contributed by atoms with E-state index in [1.807, 2.05) is 17.0 Å². The third-order valence-corrected chi connectivity index (χ3v) is 3.04. The van der Waals surface area contributed by atoms with Crippen molar-refractivity contribution in [3.05, 3.63) is 28.2 Å². The van der Waals surface area contributed by atoms with Crippen LogP contribution >= 0.6 is 15.9 Å². The number of anilines is 1. The van der Waals surface area contributed by atoms with E-state index in [-0.39, 0.29) is 0 Å². The van der Waals surface area contributed by atoms with Gasteiger partial charge in [-0.05, 0) is 24.6 Å². The van der Waals surface area contributed by atoms with E-state index >= 15 is 0 Å². The molecule has 1 atom stereocenters. The molecule has 0 unspecified atom stereocenters. The van der Waals surface area contributed by atoms with Crippen LogP contribution in [-0.2, 0) is 0 Å². The van der Waals surface area contributed by atoms with Gasteiger partial charge < -0.3 is 4.90 Å². The van der Waals surface area contributed by atoms with Crippen LogP contribution in [0.2, 0.25) is 0 Å². The quantitative estimate of drug-likeness (QED) is 0.783. The summed E-state index contributed by atoms with van der Waals surface area (Å²) in [7, 11) is 0. The van der Waals surface area contributed by atoms with Crippen molar-refractivity contribution in [2.24, 2.45) is 0 Å². The van der Waals surface area contributed by atoms with E-state index in [0.717, 1.165) is 10.2 Å². The van der Waals surface area contributed by atoms with Gasteiger partial charge in [0.2, 0.25) is 0 Å². The summed E-state index contributed by atoms with van der Waals surface area (Å²) in [5, 5.41) is 8.98. The van der Waals surface area contributed by atoms with E-state index in [4.69, 9.17) is 5.26 Å². The Morgan fingerprint density at radius 3 is 2.93 bits per heavy atom. The first-order valence-electron chi connectivity index (χ1n) is 4.79. The summed E-state index contributed by atoms with van der Waals surface area (Å²) in [5.74, 6) is 0. The summed E-state index contributed by atoms with van der Waals surface area (Å²) < 4.78 is 13.9. The van der Waals surface area contributed by atoms with Gasteiger partial charge >= 0.3 is 0 Å². The molecule has 78 valence electrons. The number of hydrogen-bond donors (Lipinski definition) is 0. The molecule has 0 aromatic heterocycles. The third kappa shape index (κ3) is 2.13. The number of hydrogen-bond acceptors (Lipinski definition) is 2. The van der Waals surface area contributed by atoms with Crippen LogP contribution in [0.1, 0.15) is 12.0 Å². The summed E-state index contributed by atoms with van der Waals surface area (Å²) in [4.78, 5) is 1.93. The minimum Gasteiger partial charge on any atom is -0.367 e. The van der Waals surface area contributed by atoms with E-state index in [0.29, 0.717) is 25.1 Å². The molecule has 0 N–H and O–H groups in total. The molecule has 1 aliphatic heterocycles. The average molecular weight is 269 g/mol. The van der Waals surface area contributed by atoms with Crippen molar-refractivity contribution < 1.29 is 4.39 Å². The molecule has 4 heteroatoms. The van der Waals surface area contributed by atoms with Gasteiger partial charge in [-0.25, -0.2) is 4.39 Å². The first-order valence-corrected chi connectivity index (χ1v) is 5.58. The van der Waals surface area contributed by atoms with E-state index in [9.17, 15) is 4.39 Å². The molecular weight excluding hydrogens is 259 g/mol. The zero-order chi connectivity index (χ0) is 10.8. The Morgan fingerprint density at radius 1 is 1.53 bits per heavy atom. The Balaban J connectivity index is 2.32. The lowest BCUT2D eigenvalue weighted by Crippen LogP contribution is -2.20. The van der Waals surface area contributed by atoms with Crippen molar-refractivity contribution in [1.29, 1.82) is 5.26 Å². The Morgan fingerprint density at radius 2 is 2.33 bits per heavy atom. The highest BCUT2D eigenvalue weighted by Gasteiger charge is 2.23. The first-order chi connectivity index (χ1) is 7.20. The molecule has 0 aliphatic carbocycles. The van der Waals surface area contributed by atoms with Gasteiger partial charge in [0.25, 0.3) is 0 Å². The zero-order valence-electron chi connectivity index (χ0n) is 8.08. The van der Waals surface area contributed by atoms with Gasteiger partial charge in [0.15, 0.2) is 0 Å². The molecule has 1 aromatic rings. The molecule has 2 nitrogen and oxygen atoms in total. The van der Waals surface area contributed by atoms with Crippen molar-refractivity contribution in [2.75, 3.05) is 18.0 Å². The molecule has 1 aliphatic rings. The van der Waals surface area contributed by atoms with Gasteiger partial charge in [-0.3, -0.25) is 0 Å². The number of alkyl halides is 1. The number of benzene rings is 1. The highest BCUT2D eigenvalue weighted by Crippen LogP contribution is 2.27. The van der Waals surface area contributed by atoms with Crippen LogP contribution in [0.15, 0.2) is 22.7 Å². The number of rotatable bonds is 1. The fourth-order valence-electron chi connectivity index (χ4n) is 1.81. The average Bonchev–Trinajstić information content (AvgIpc) is 2.64. The summed E-state index contributed by atoms with van der Waals surface area (Å²) >= 11 is 3.31. The van der Waals surface area contributed by atoms with Crippen molar-refractivity contribution in [3.8, 4) is 6.07 Å². The maximum Gasteiger partial charge on any atom is 0.119 e. The van der Waals surface area contributed by atoms with E-state index in [2.05, 4.69) is 22.0 Å². The molecule has 1 fully saturated rings. The highest BCUT2D eigenvalue weighted by atomic mass is 79.9. The second-order valence-corrected chi connectivity index (χ2v) is 4.52. The third-order valence-electron chi connectivity index (χ3n) is 2.55. The highest BCUT2D eigenvalue weighted by molar-refractivity contribution is 9.10. The normalized spacial score (nSPS) is 20.3. The number of halogens is 2. The molecule has 0 spiro atoms. The maximum atomic E-state index is 13.0. The summed E-state index contributed by atoms with van der Waals surface area (Å²) in [6.07, 6.45) is -0.207. The molecule has 0 bridgehead atoms. The van der Waals surface area contributed by atoms with Crippen molar-refractivity contribution >= 4 is 21.6 Å². The number of nitrogens with zero attached hydrogens (tertiary/aromatic N) is 2. The van der Waals surface area contributed by atoms with Crippen LogP contribution in [0, 0.1) is 11.3 Å². The summed E-state index contributed by atoms with van der Waals surface area (Å²) in [5.41, 5.74) is 1.43. The standard InChI is InChI=1S/C11H10BrFN2/c12-9-1-2-11(8(5-9)6-14)15-4-3-10(13)7-15/h1-2,5,10H,3-4,7H2/t10-/m1/s1. The second-order valence-electron chi connectivity index (χ2n) is 3.61. The largest absolute Gasteiger partial charge is 0.367 e. The molecule has 0 saturated carbocycles. The van der Waals surface area contributed by atoms with Gasteiger partial charge in [0, 0.05) is 17.6 Å². The molecular formula is C11H10BrFN2. The lowest BCUT2D eigenvalue weighted by atomic mass is 10.2. The van der Waals surface area contributed by atoms with Crippen molar-refractivity contribution in [1.82, 2.24) is 0 Å². The van der Waals surface area contributed by atoms with E-state index < -0.39 is 6.17 Å². The van der Waals surface area contributed by atoms with Crippen LogP contribution in [0.5, 0.6) is 0 Å². The monoisotopic (exact) mass is 268 g/mol. The van der Waals surface area contributed by atoms with E-state index in [1.54, 1.807) is 6.07 Å². The van der Waals surface area contributed by atoms with Crippen LogP contribution in [0.25, 0.3) is 0 Å². The molecule has 0 radical (unpaired) electrons. The van der Waals surface area contributed by atoms with Gasteiger partial charge in [0.1, 0.15) is 12.2 Å². The maximum absolute atomic E-state index is 13.0. The Bertz CT molecular complexity index is 414. The molecule has 1 aromatic carbocycles. The first kappa shape index (κ1) is 10.4. The molecule has 1 saturated heterocycles. The van der Waals surface area contributed by atoms with Crippen LogP contribution in [0.4, 0.5) is 10.1 Å². The van der Waals surface area contributed by atoms with E-state index in [1.165, 1.54) is 0 Å². The summed E-state index contributed by atoms with van der Waals surface area (Å²) in [6, 6.07) is 7.64. The van der Waals surface area contributed by atoms with Crippen LogP contribution in [0.3, 0.4) is 0 Å². The van der Waals surface area contributed by atoms with Crippen LogP contribution in [-0.4, -0.2) is 19.3 Å². The topological polar surface area (TPSA) is 27.0 Å². The Labute approximate surface area is 96.4 Å². The van der Waals surface area contributed by atoms with Gasteiger partial charge in [-0.2, -0.15) is 5.26 Å². The summed E-state index contributed by atoms with van der Waals surface area (Å²) in [6.45, 7) is 1.09. The fourth-order valence-corrected chi connectivity index (χ4v) is 2.17. The molecule has 2 rings (SSSR count). The lowest BCUT2D eigenvalue weighted by molar-refractivity contribution is 0.364. The zero-order valence-corrected chi connectivity index (χ0v) is 9.67. The molecule has 15 heavy (non-hydrogen) atoms. The van der Waals surface area contributed by atoms with Gasteiger partial charge in [-0.15, -0.1) is 0 Å². The molecule has 1 heterocycles. The van der Waals surface area contributed by atoms with Crippen molar-refractivity contribution in [3.63, 3.8) is 0 Å². The molecule has 0 amide bonds. The Kier molecular flexibility index (Phi) is 2.92.